The second-order valence-corrected chi connectivity index (χ2v) is 8.98. The summed E-state index contributed by atoms with van der Waals surface area (Å²) < 4.78 is 7.25. The van der Waals surface area contributed by atoms with Crippen LogP contribution in [0.2, 0.25) is 0 Å². The molecular weight excluding hydrogens is 376 g/mol. The smallest absolute Gasteiger partial charge is 0.191 e. The number of methoxy groups -OCH3 is 1. The molecule has 1 saturated carbocycles. The van der Waals surface area contributed by atoms with Gasteiger partial charge >= 0.3 is 0 Å². The lowest BCUT2D eigenvalue weighted by Crippen LogP contribution is -2.59. The Labute approximate surface area is 182 Å². The van der Waals surface area contributed by atoms with Crippen molar-refractivity contribution in [3.63, 3.8) is 0 Å². The average molecular weight is 419 g/mol. The number of aromatic nitrogens is 2. The van der Waals surface area contributed by atoms with E-state index in [9.17, 15) is 0 Å². The molecule has 0 aromatic carbocycles. The van der Waals surface area contributed by atoms with Gasteiger partial charge in [-0.15, -0.1) is 0 Å². The Balaban J connectivity index is 1.59. The molecule has 1 saturated heterocycles. The number of rotatable bonds is 8. The van der Waals surface area contributed by atoms with Gasteiger partial charge in [-0.25, -0.2) is 0 Å². The monoisotopic (exact) mass is 418 g/mol. The summed E-state index contributed by atoms with van der Waals surface area (Å²) in [7, 11) is 3.60. The van der Waals surface area contributed by atoms with Crippen LogP contribution >= 0.6 is 0 Å². The van der Waals surface area contributed by atoms with Gasteiger partial charge in [0.15, 0.2) is 5.96 Å². The third-order valence-electron chi connectivity index (χ3n) is 7.09. The number of nitrogens with zero attached hydrogens (tertiary/aromatic N) is 4. The van der Waals surface area contributed by atoms with Crippen LogP contribution in [0.4, 0.5) is 0 Å². The molecule has 1 aliphatic carbocycles. The number of ether oxygens (including phenoxy) is 1. The number of piperidine rings is 1. The molecular formula is C23H42N6O. The van der Waals surface area contributed by atoms with Crippen molar-refractivity contribution >= 4 is 5.96 Å². The Morgan fingerprint density at radius 3 is 2.43 bits per heavy atom. The van der Waals surface area contributed by atoms with E-state index in [-0.39, 0.29) is 0 Å². The zero-order chi connectivity index (χ0) is 21.4. The van der Waals surface area contributed by atoms with Crippen LogP contribution in [0.15, 0.2) is 4.99 Å². The largest absolute Gasteiger partial charge is 0.383 e. The number of nitrogens with one attached hydrogen (secondary N) is 2. The molecule has 1 aromatic heterocycles. The summed E-state index contributed by atoms with van der Waals surface area (Å²) in [5.74, 6) is 0.889. The van der Waals surface area contributed by atoms with E-state index in [1.807, 2.05) is 11.7 Å². The molecule has 1 aliphatic heterocycles. The van der Waals surface area contributed by atoms with E-state index >= 15 is 0 Å². The zero-order valence-electron chi connectivity index (χ0n) is 19.6. The lowest BCUT2D eigenvalue weighted by Gasteiger charge is -2.48. The fourth-order valence-corrected chi connectivity index (χ4v) is 5.21. The summed E-state index contributed by atoms with van der Waals surface area (Å²) in [5.41, 5.74) is 3.82. The van der Waals surface area contributed by atoms with Gasteiger partial charge in [-0.2, -0.15) is 5.10 Å². The molecule has 0 spiro atoms. The molecule has 0 bridgehead atoms. The lowest BCUT2D eigenvalue weighted by atomic mass is 9.79. The van der Waals surface area contributed by atoms with Crippen molar-refractivity contribution < 1.29 is 4.74 Å². The maximum Gasteiger partial charge on any atom is 0.191 e. The molecule has 0 atom stereocenters. The molecule has 170 valence electrons. The Morgan fingerprint density at radius 2 is 1.77 bits per heavy atom. The van der Waals surface area contributed by atoms with Crippen molar-refractivity contribution in [2.75, 3.05) is 40.4 Å². The Kier molecular flexibility index (Phi) is 8.57. The second-order valence-electron chi connectivity index (χ2n) is 8.98. The van der Waals surface area contributed by atoms with Gasteiger partial charge in [0, 0.05) is 44.0 Å². The molecule has 0 unspecified atom stereocenters. The highest BCUT2D eigenvalue weighted by atomic mass is 16.5. The van der Waals surface area contributed by atoms with Crippen molar-refractivity contribution in [3.05, 3.63) is 17.0 Å². The Morgan fingerprint density at radius 1 is 1.07 bits per heavy atom. The van der Waals surface area contributed by atoms with Crippen LogP contribution in [0.3, 0.4) is 0 Å². The van der Waals surface area contributed by atoms with Gasteiger partial charge in [-0.3, -0.25) is 14.6 Å². The van der Waals surface area contributed by atoms with E-state index in [0.29, 0.717) is 12.1 Å². The fraction of sp³-hybridized carbons (Fsp3) is 0.826. The van der Waals surface area contributed by atoms with Crippen LogP contribution < -0.4 is 10.6 Å². The van der Waals surface area contributed by atoms with Gasteiger partial charge in [0.1, 0.15) is 0 Å². The third kappa shape index (κ3) is 5.55. The first-order valence-corrected chi connectivity index (χ1v) is 11.8. The third-order valence-corrected chi connectivity index (χ3v) is 7.09. The highest BCUT2D eigenvalue weighted by Crippen LogP contribution is 2.35. The fourth-order valence-electron chi connectivity index (χ4n) is 5.21. The minimum absolute atomic E-state index is 0.299. The molecule has 1 aromatic rings. The molecule has 3 rings (SSSR count). The predicted molar refractivity (Wildman–Crippen MR) is 123 cm³/mol. The summed E-state index contributed by atoms with van der Waals surface area (Å²) in [6.07, 6.45) is 10.8. The van der Waals surface area contributed by atoms with Crippen LogP contribution in [-0.4, -0.2) is 66.6 Å². The number of likely N-dealkylation sites (tertiary alicyclic amines) is 1. The molecule has 30 heavy (non-hydrogen) atoms. The standard InChI is InChI=1S/C23H42N6O/c1-19-21(20(2)29(27-19)15-16-30-4)17-25-22(24-3)26-18-23(11-7-5-8-12-23)28-13-9-6-10-14-28/h5-18H2,1-4H3,(H2,24,25,26). The average Bonchev–Trinajstić information content (AvgIpc) is 3.06. The molecule has 7 nitrogen and oxygen atoms in total. The maximum absolute atomic E-state index is 5.20. The van der Waals surface area contributed by atoms with E-state index in [1.54, 1.807) is 7.11 Å². The first-order valence-electron chi connectivity index (χ1n) is 11.8. The topological polar surface area (TPSA) is 66.7 Å². The second kappa shape index (κ2) is 11.1. The van der Waals surface area contributed by atoms with Gasteiger partial charge < -0.3 is 15.4 Å². The normalized spacial score (nSPS) is 20.3. The van der Waals surface area contributed by atoms with E-state index in [2.05, 4.69) is 39.5 Å². The van der Waals surface area contributed by atoms with Gasteiger partial charge in [-0.1, -0.05) is 25.7 Å². The molecule has 2 N–H and O–H groups in total. The molecule has 2 heterocycles. The summed E-state index contributed by atoms with van der Waals surface area (Å²) in [6.45, 7) is 9.91. The number of aliphatic imine (C=N–C) groups is 1. The van der Waals surface area contributed by atoms with Crippen molar-refractivity contribution in [1.82, 2.24) is 25.3 Å². The van der Waals surface area contributed by atoms with E-state index in [1.165, 1.54) is 75.7 Å². The summed E-state index contributed by atoms with van der Waals surface area (Å²) >= 11 is 0. The van der Waals surface area contributed by atoms with Crippen molar-refractivity contribution in [2.24, 2.45) is 4.99 Å². The quantitative estimate of drug-likeness (QED) is 0.502. The summed E-state index contributed by atoms with van der Waals surface area (Å²) in [4.78, 5) is 7.29. The van der Waals surface area contributed by atoms with Crippen molar-refractivity contribution in [1.29, 1.82) is 0 Å². The van der Waals surface area contributed by atoms with Gasteiger partial charge in [-0.05, 0) is 52.6 Å². The lowest BCUT2D eigenvalue weighted by molar-refractivity contribution is 0.0368. The number of hydrogen-bond donors (Lipinski definition) is 2. The minimum Gasteiger partial charge on any atom is -0.383 e. The highest BCUT2D eigenvalue weighted by Gasteiger charge is 2.38. The summed E-state index contributed by atoms with van der Waals surface area (Å²) in [5, 5.41) is 11.9. The predicted octanol–water partition coefficient (Wildman–Crippen LogP) is 3.00. The van der Waals surface area contributed by atoms with E-state index in [0.717, 1.165) is 31.3 Å². The molecule has 2 fully saturated rings. The number of hydrogen-bond acceptors (Lipinski definition) is 4. The van der Waals surface area contributed by atoms with Crippen molar-refractivity contribution in [2.45, 2.75) is 83.8 Å². The Bertz CT molecular complexity index is 686. The number of aryl methyl sites for hydroxylation is 1. The Hall–Kier alpha value is -1.60. The van der Waals surface area contributed by atoms with Crippen molar-refractivity contribution in [3.8, 4) is 0 Å². The van der Waals surface area contributed by atoms with E-state index < -0.39 is 0 Å². The van der Waals surface area contributed by atoms with Crippen LogP contribution in [-0.2, 0) is 17.8 Å². The highest BCUT2D eigenvalue weighted by molar-refractivity contribution is 5.79. The van der Waals surface area contributed by atoms with Crippen LogP contribution in [0, 0.1) is 13.8 Å². The van der Waals surface area contributed by atoms with Gasteiger partial charge in [0.25, 0.3) is 0 Å². The maximum atomic E-state index is 5.20. The van der Waals surface area contributed by atoms with Crippen LogP contribution in [0.25, 0.3) is 0 Å². The molecule has 0 radical (unpaired) electrons. The number of guanidine groups is 1. The van der Waals surface area contributed by atoms with Gasteiger partial charge in [0.2, 0.25) is 0 Å². The first kappa shape index (κ1) is 23.1. The van der Waals surface area contributed by atoms with Crippen LogP contribution in [0.1, 0.15) is 68.3 Å². The van der Waals surface area contributed by atoms with Crippen LogP contribution in [0.5, 0.6) is 0 Å². The molecule has 0 amide bonds. The first-order chi connectivity index (χ1) is 14.6. The molecule has 7 heteroatoms. The zero-order valence-corrected chi connectivity index (χ0v) is 19.6. The molecule has 2 aliphatic rings. The SMILES string of the molecule is CN=C(NCc1c(C)nn(CCOC)c1C)NCC1(N2CCCCC2)CCCCC1. The van der Waals surface area contributed by atoms with E-state index in [4.69, 9.17) is 4.74 Å². The van der Waals surface area contributed by atoms with Gasteiger partial charge in [0.05, 0.1) is 18.8 Å². The summed E-state index contributed by atoms with van der Waals surface area (Å²) in [6, 6.07) is 0. The minimum atomic E-state index is 0.299.